The molecule has 8 nitrogen and oxygen atoms in total. The number of aliphatic imine (C=N–C) groups is 1. The summed E-state index contributed by atoms with van der Waals surface area (Å²) in [5.41, 5.74) is 1.17. The Labute approximate surface area is 159 Å². The van der Waals surface area contributed by atoms with Crippen molar-refractivity contribution in [3.05, 3.63) is 66.0 Å². The topological polar surface area (TPSA) is 84.9 Å². The fourth-order valence-corrected chi connectivity index (χ4v) is 2.58. The van der Waals surface area contributed by atoms with E-state index >= 15 is 0 Å². The number of benzene rings is 1. The second kappa shape index (κ2) is 9.51. The summed E-state index contributed by atoms with van der Waals surface area (Å²) in [5, 5.41) is 19.2. The van der Waals surface area contributed by atoms with Gasteiger partial charge in [0.1, 0.15) is 5.82 Å². The summed E-state index contributed by atoms with van der Waals surface area (Å²) in [6.45, 7) is 4.80. The van der Waals surface area contributed by atoms with Crippen LogP contribution in [-0.4, -0.2) is 37.0 Å². The lowest BCUT2D eigenvalue weighted by Gasteiger charge is -2.13. The maximum absolute atomic E-state index is 4.69. The molecule has 2 heterocycles. The fraction of sp³-hybridized carbons (Fsp3) is 0.368. The second-order valence-electron chi connectivity index (χ2n) is 6.28. The zero-order chi connectivity index (χ0) is 18.9. The minimum absolute atomic E-state index is 0.567. The smallest absolute Gasteiger partial charge is 0.191 e. The average Bonchev–Trinajstić information content (AvgIpc) is 3.32. The number of nitrogens with one attached hydrogen (secondary N) is 2. The molecule has 142 valence electrons. The summed E-state index contributed by atoms with van der Waals surface area (Å²) < 4.78 is 3.90. The summed E-state index contributed by atoms with van der Waals surface area (Å²) in [7, 11) is 1.96. The van der Waals surface area contributed by atoms with Gasteiger partial charge < -0.3 is 15.2 Å². The number of guanidine groups is 1. The number of aromatic nitrogens is 5. The fourth-order valence-electron chi connectivity index (χ4n) is 2.58. The number of rotatable bonds is 8. The Morgan fingerprint density at radius 1 is 1.11 bits per heavy atom. The molecule has 0 aliphatic rings. The molecule has 0 atom stereocenters. The van der Waals surface area contributed by atoms with Gasteiger partial charge in [-0.2, -0.15) is 5.10 Å². The van der Waals surface area contributed by atoms with E-state index in [1.807, 2.05) is 53.7 Å². The Hall–Kier alpha value is -3.16. The van der Waals surface area contributed by atoms with Gasteiger partial charge in [-0.1, -0.05) is 30.3 Å². The van der Waals surface area contributed by atoms with Crippen molar-refractivity contribution in [2.45, 2.75) is 33.0 Å². The van der Waals surface area contributed by atoms with Crippen molar-refractivity contribution < 1.29 is 0 Å². The Balaban J connectivity index is 1.56. The molecule has 0 saturated carbocycles. The molecule has 0 aliphatic carbocycles. The van der Waals surface area contributed by atoms with Crippen molar-refractivity contribution in [1.82, 2.24) is 35.2 Å². The van der Waals surface area contributed by atoms with E-state index in [0.29, 0.717) is 13.1 Å². The maximum atomic E-state index is 4.69. The van der Waals surface area contributed by atoms with Gasteiger partial charge >= 0.3 is 0 Å². The van der Waals surface area contributed by atoms with Gasteiger partial charge in [0, 0.05) is 32.5 Å². The lowest BCUT2D eigenvalue weighted by atomic mass is 10.2. The normalized spacial score (nSPS) is 11.6. The Kier molecular flexibility index (Phi) is 6.56. The molecule has 2 aromatic heterocycles. The van der Waals surface area contributed by atoms with E-state index in [4.69, 9.17) is 4.99 Å². The number of hydrogen-bond acceptors (Lipinski definition) is 4. The summed E-state index contributed by atoms with van der Waals surface area (Å²) >= 11 is 0. The minimum Gasteiger partial charge on any atom is -0.356 e. The van der Waals surface area contributed by atoms with E-state index in [0.717, 1.165) is 37.1 Å². The zero-order valence-electron chi connectivity index (χ0n) is 15.8. The summed E-state index contributed by atoms with van der Waals surface area (Å²) in [4.78, 5) is 4.69. The van der Waals surface area contributed by atoms with Gasteiger partial charge in [0.25, 0.3) is 0 Å². The molecule has 0 fully saturated rings. The summed E-state index contributed by atoms with van der Waals surface area (Å²) in [6.07, 6.45) is 4.72. The highest BCUT2D eigenvalue weighted by molar-refractivity contribution is 5.79. The second-order valence-corrected chi connectivity index (χ2v) is 6.28. The predicted octanol–water partition coefficient (Wildman–Crippen LogP) is 1.65. The zero-order valence-corrected chi connectivity index (χ0v) is 15.8. The van der Waals surface area contributed by atoms with Crippen LogP contribution in [0.4, 0.5) is 0 Å². The van der Waals surface area contributed by atoms with Crippen molar-refractivity contribution in [2.24, 2.45) is 12.0 Å². The first-order valence-electron chi connectivity index (χ1n) is 9.11. The van der Waals surface area contributed by atoms with Crippen LogP contribution in [-0.2, 0) is 26.7 Å². The molecule has 3 aromatic rings. The average molecular weight is 366 g/mol. The van der Waals surface area contributed by atoms with Crippen LogP contribution in [0.2, 0.25) is 0 Å². The maximum Gasteiger partial charge on any atom is 0.191 e. The molecule has 0 aliphatic heterocycles. The third-order valence-electron chi connectivity index (χ3n) is 4.27. The van der Waals surface area contributed by atoms with E-state index in [2.05, 4.69) is 38.1 Å². The van der Waals surface area contributed by atoms with Gasteiger partial charge in [0.15, 0.2) is 11.8 Å². The molecule has 0 spiro atoms. The Morgan fingerprint density at radius 2 is 1.96 bits per heavy atom. The van der Waals surface area contributed by atoms with Crippen molar-refractivity contribution >= 4 is 5.96 Å². The van der Waals surface area contributed by atoms with Crippen LogP contribution in [0.25, 0.3) is 0 Å². The van der Waals surface area contributed by atoms with E-state index in [1.54, 1.807) is 6.20 Å². The van der Waals surface area contributed by atoms with E-state index in [1.165, 1.54) is 5.56 Å². The Bertz CT molecular complexity index is 836. The van der Waals surface area contributed by atoms with Crippen LogP contribution < -0.4 is 10.6 Å². The van der Waals surface area contributed by atoms with E-state index in [-0.39, 0.29) is 0 Å². The summed E-state index contributed by atoms with van der Waals surface area (Å²) in [5.74, 6) is 2.53. The first-order valence-corrected chi connectivity index (χ1v) is 9.11. The quantitative estimate of drug-likeness (QED) is 0.360. The highest BCUT2D eigenvalue weighted by Gasteiger charge is 2.06. The van der Waals surface area contributed by atoms with Crippen LogP contribution >= 0.6 is 0 Å². The van der Waals surface area contributed by atoms with Crippen molar-refractivity contribution in [1.29, 1.82) is 0 Å². The molecular weight excluding hydrogens is 340 g/mol. The van der Waals surface area contributed by atoms with Crippen LogP contribution in [0, 0.1) is 6.92 Å². The molecule has 8 heteroatoms. The minimum atomic E-state index is 0.567. The van der Waals surface area contributed by atoms with Crippen molar-refractivity contribution in [2.75, 3.05) is 6.54 Å². The highest BCUT2D eigenvalue weighted by atomic mass is 15.3. The first-order chi connectivity index (χ1) is 13.2. The van der Waals surface area contributed by atoms with Crippen LogP contribution in [0.1, 0.15) is 23.6 Å². The van der Waals surface area contributed by atoms with Crippen LogP contribution in [0.3, 0.4) is 0 Å². The van der Waals surface area contributed by atoms with Gasteiger partial charge in [-0.05, 0) is 25.0 Å². The van der Waals surface area contributed by atoms with Gasteiger partial charge in [-0.3, -0.25) is 4.68 Å². The molecule has 0 saturated heterocycles. The van der Waals surface area contributed by atoms with Gasteiger partial charge in [-0.25, -0.2) is 4.99 Å². The van der Waals surface area contributed by atoms with Crippen molar-refractivity contribution in [3.63, 3.8) is 0 Å². The SMILES string of the molecule is Cc1nnc(CNC(=NCc2ccccc2)NCCCn2cccn2)n1C. The molecular formula is C19H26N8. The van der Waals surface area contributed by atoms with Gasteiger partial charge in [0.2, 0.25) is 0 Å². The molecule has 2 N–H and O–H groups in total. The van der Waals surface area contributed by atoms with Crippen LogP contribution in [0.15, 0.2) is 53.8 Å². The largest absolute Gasteiger partial charge is 0.356 e. The molecule has 0 unspecified atom stereocenters. The molecule has 0 bridgehead atoms. The van der Waals surface area contributed by atoms with Gasteiger partial charge in [-0.15, -0.1) is 10.2 Å². The molecule has 0 amide bonds. The molecule has 1 aromatic carbocycles. The van der Waals surface area contributed by atoms with Crippen LogP contribution in [0.5, 0.6) is 0 Å². The molecule has 3 rings (SSSR count). The molecule has 0 radical (unpaired) electrons. The Morgan fingerprint density at radius 3 is 2.67 bits per heavy atom. The van der Waals surface area contributed by atoms with Gasteiger partial charge in [0.05, 0.1) is 13.1 Å². The third kappa shape index (κ3) is 5.67. The number of aryl methyl sites for hydroxylation is 2. The molecule has 27 heavy (non-hydrogen) atoms. The lowest BCUT2D eigenvalue weighted by Crippen LogP contribution is -2.38. The van der Waals surface area contributed by atoms with E-state index < -0.39 is 0 Å². The van der Waals surface area contributed by atoms with E-state index in [9.17, 15) is 0 Å². The number of hydrogen-bond donors (Lipinski definition) is 2. The third-order valence-corrected chi connectivity index (χ3v) is 4.27. The summed E-state index contributed by atoms with van der Waals surface area (Å²) in [6, 6.07) is 12.1. The van der Waals surface area contributed by atoms with Crippen molar-refractivity contribution in [3.8, 4) is 0 Å². The highest BCUT2D eigenvalue weighted by Crippen LogP contribution is 2.01. The lowest BCUT2D eigenvalue weighted by molar-refractivity contribution is 0.569. The standard InChI is InChI=1S/C19H26N8/c1-16-24-25-18(26(16)2)15-22-19(21-14-17-8-4-3-5-9-17)20-10-6-12-27-13-7-11-23-27/h3-5,7-9,11,13H,6,10,12,14-15H2,1-2H3,(H2,20,21,22). The number of nitrogens with zero attached hydrogens (tertiary/aromatic N) is 6. The monoisotopic (exact) mass is 366 g/mol. The first kappa shape index (κ1) is 18.6. The predicted molar refractivity (Wildman–Crippen MR) is 105 cm³/mol.